The third-order valence-electron chi connectivity index (χ3n) is 13.8. The van der Waals surface area contributed by atoms with E-state index < -0.39 is 0 Å². The third kappa shape index (κ3) is 5.95. The number of hydrogen-bond acceptors (Lipinski definition) is 3. The van der Waals surface area contributed by atoms with Crippen molar-refractivity contribution in [1.29, 1.82) is 0 Å². The molecule has 2 heterocycles. The number of nitrogens with zero attached hydrogens (tertiary/aromatic N) is 4. The highest BCUT2D eigenvalue weighted by atomic mass is 15.0. The molecule has 10 aromatic carbocycles. The Hall–Kier alpha value is -8.47. The summed E-state index contributed by atoms with van der Waals surface area (Å²) in [5, 5.41) is 7.23. The van der Waals surface area contributed by atoms with Crippen molar-refractivity contribution in [2.45, 2.75) is 19.3 Å². The fourth-order valence-electron chi connectivity index (χ4n) is 10.7. The van der Waals surface area contributed by atoms with Gasteiger partial charge in [-0.15, -0.1) is 0 Å². The molecule has 1 aliphatic carbocycles. The smallest absolute Gasteiger partial charge is 0.164 e. The molecule has 0 unspecified atom stereocenters. The zero-order chi connectivity index (χ0) is 43.9. The van der Waals surface area contributed by atoms with E-state index in [2.05, 4.69) is 219 Å². The monoisotopic (exact) mass is 842 g/mol. The van der Waals surface area contributed by atoms with E-state index >= 15 is 0 Å². The lowest BCUT2D eigenvalue weighted by Gasteiger charge is -2.21. The molecule has 0 atom stereocenters. The molecule has 12 aromatic rings. The van der Waals surface area contributed by atoms with E-state index in [1.165, 1.54) is 65.7 Å². The van der Waals surface area contributed by atoms with E-state index in [0.29, 0.717) is 17.5 Å². The van der Waals surface area contributed by atoms with Crippen LogP contribution in [0.2, 0.25) is 0 Å². The Kier molecular flexibility index (Phi) is 8.53. The average Bonchev–Trinajstić information content (AvgIpc) is 3.84. The molecule has 0 saturated heterocycles. The predicted octanol–water partition coefficient (Wildman–Crippen LogP) is 15.9. The maximum absolute atomic E-state index is 5.51. The van der Waals surface area contributed by atoms with Gasteiger partial charge in [-0.1, -0.05) is 196 Å². The van der Waals surface area contributed by atoms with Crippen LogP contribution in [0.5, 0.6) is 0 Å². The van der Waals surface area contributed by atoms with Gasteiger partial charge in [-0.05, 0) is 102 Å². The van der Waals surface area contributed by atoms with Crippen LogP contribution in [0.3, 0.4) is 0 Å². The highest BCUT2D eigenvalue weighted by Gasteiger charge is 2.37. The minimum absolute atomic E-state index is 0.172. The van der Waals surface area contributed by atoms with Gasteiger partial charge in [0.1, 0.15) is 0 Å². The lowest BCUT2D eigenvalue weighted by atomic mass is 9.82. The Morgan fingerprint density at radius 2 is 0.924 bits per heavy atom. The molecule has 0 spiro atoms. The van der Waals surface area contributed by atoms with Crippen LogP contribution in [0.25, 0.3) is 117 Å². The third-order valence-corrected chi connectivity index (χ3v) is 13.8. The van der Waals surface area contributed by atoms with Crippen molar-refractivity contribution in [2.75, 3.05) is 0 Å². The second kappa shape index (κ2) is 14.8. The summed E-state index contributed by atoms with van der Waals surface area (Å²) in [6, 6.07) is 78.7. The minimum Gasteiger partial charge on any atom is -0.309 e. The maximum Gasteiger partial charge on any atom is 0.164 e. The zero-order valence-corrected chi connectivity index (χ0v) is 36.6. The van der Waals surface area contributed by atoms with Crippen molar-refractivity contribution in [3.8, 4) is 73.2 Å². The number of hydrogen-bond donors (Lipinski definition) is 0. The van der Waals surface area contributed by atoms with Crippen LogP contribution >= 0.6 is 0 Å². The first kappa shape index (κ1) is 38.0. The van der Waals surface area contributed by atoms with Gasteiger partial charge in [0, 0.05) is 38.6 Å². The van der Waals surface area contributed by atoms with Crippen LogP contribution in [0.1, 0.15) is 25.0 Å². The normalized spacial score (nSPS) is 12.8. The molecule has 13 rings (SSSR count). The number of benzene rings is 10. The SMILES string of the molecule is CC1(C)c2ccccc2-c2c(-c3nc(-c4ccccc4)nc(-c4cc(-c5cc6ccccc6c6ccccc56)cc(-n5c6ccccc6c6ccc(-c7ccccc7)cc65)c4)n3)cccc21. The summed E-state index contributed by atoms with van der Waals surface area (Å²) in [7, 11) is 0. The van der Waals surface area contributed by atoms with Crippen molar-refractivity contribution in [1.82, 2.24) is 19.5 Å². The van der Waals surface area contributed by atoms with E-state index in [1.807, 2.05) is 18.2 Å². The molecule has 0 radical (unpaired) electrons. The lowest BCUT2D eigenvalue weighted by Crippen LogP contribution is -2.14. The van der Waals surface area contributed by atoms with Crippen LogP contribution < -0.4 is 0 Å². The molecule has 0 saturated carbocycles. The topological polar surface area (TPSA) is 43.6 Å². The van der Waals surface area contributed by atoms with Crippen molar-refractivity contribution in [2.24, 2.45) is 0 Å². The molecule has 0 fully saturated rings. The molecule has 0 amide bonds. The first-order valence-corrected chi connectivity index (χ1v) is 22.7. The largest absolute Gasteiger partial charge is 0.309 e. The molecule has 0 aliphatic heterocycles. The highest BCUT2D eigenvalue weighted by Crippen LogP contribution is 2.52. The van der Waals surface area contributed by atoms with Crippen molar-refractivity contribution in [3.05, 3.63) is 230 Å². The summed E-state index contributed by atoms with van der Waals surface area (Å²) in [5.74, 6) is 1.89. The van der Waals surface area contributed by atoms with Gasteiger partial charge in [0.15, 0.2) is 17.5 Å². The van der Waals surface area contributed by atoms with E-state index in [9.17, 15) is 0 Å². The van der Waals surface area contributed by atoms with Gasteiger partial charge in [-0.3, -0.25) is 0 Å². The molecule has 310 valence electrons. The van der Waals surface area contributed by atoms with Crippen molar-refractivity contribution >= 4 is 43.4 Å². The van der Waals surface area contributed by atoms with Crippen LogP contribution in [-0.4, -0.2) is 19.5 Å². The van der Waals surface area contributed by atoms with E-state index in [1.54, 1.807) is 0 Å². The summed E-state index contributed by atoms with van der Waals surface area (Å²) in [4.78, 5) is 16.2. The molecule has 66 heavy (non-hydrogen) atoms. The van der Waals surface area contributed by atoms with E-state index in [-0.39, 0.29) is 5.41 Å². The predicted molar refractivity (Wildman–Crippen MR) is 274 cm³/mol. The summed E-state index contributed by atoms with van der Waals surface area (Å²) < 4.78 is 2.43. The molecule has 1 aliphatic rings. The highest BCUT2D eigenvalue weighted by molar-refractivity contribution is 6.14. The Morgan fingerprint density at radius 3 is 1.74 bits per heavy atom. The van der Waals surface area contributed by atoms with Crippen molar-refractivity contribution < 1.29 is 0 Å². The number of aromatic nitrogens is 4. The van der Waals surface area contributed by atoms with Crippen molar-refractivity contribution in [3.63, 3.8) is 0 Å². The van der Waals surface area contributed by atoms with Crippen LogP contribution in [0, 0.1) is 0 Å². The second-order valence-electron chi connectivity index (χ2n) is 18.0. The molecule has 4 nitrogen and oxygen atoms in total. The van der Waals surface area contributed by atoms with Gasteiger partial charge in [-0.2, -0.15) is 0 Å². The van der Waals surface area contributed by atoms with Crippen LogP contribution in [0.4, 0.5) is 0 Å². The maximum atomic E-state index is 5.51. The Labute approximate surface area is 383 Å². The fourth-order valence-corrected chi connectivity index (χ4v) is 10.7. The number of rotatable bonds is 6. The second-order valence-corrected chi connectivity index (χ2v) is 18.0. The van der Waals surface area contributed by atoms with Gasteiger partial charge < -0.3 is 4.57 Å². The Balaban J connectivity index is 1.12. The summed E-state index contributed by atoms with van der Waals surface area (Å²) >= 11 is 0. The Bertz CT molecular complexity index is 3900. The standard InChI is InChI=1S/C62H42N4/c1-62(2)54-29-15-13-27-51(54)58-52(28-17-30-55(58)62)61-64-59(40-20-7-4-8-21-40)63-60(65-61)44-34-43(53-37-42-22-9-10-23-46(42)47-24-11-12-25-48(47)53)35-45(36-44)66-56-31-16-14-26-49(56)50-33-32-41(38-57(50)66)39-18-5-3-6-19-39/h3-38H,1-2H3. The number of fused-ring (bicyclic) bond motifs is 9. The summed E-state index contributed by atoms with van der Waals surface area (Å²) in [5.41, 5.74) is 15.5. The van der Waals surface area contributed by atoms with Gasteiger partial charge in [0.25, 0.3) is 0 Å². The minimum atomic E-state index is -0.172. The van der Waals surface area contributed by atoms with Gasteiger partial charge in [0.05, 0.1) is 11.0 Å². The fraction of sp³-hybridized carbons (Fsp3) is 0.0484. The first-order valence-electron chi connectivity index (χ1n) is 22.7. The molecule has 0 N–H and O–H groups in total. The van der Waals surface area contributed by atoms with Gasteiger partial charge >= 0.3 is 0 Å². The van der Waals surface area contributed by atoms with Gasteiger partial charge in [-0.25, -0.2) is 15.0 Å². The van der Waals surface area contributed by atoms with Crippen LogP contribution in [-0.2, 0) is 5.41 Å². The molecule has 4 heteroatoms. The van der Waals surface area contributed by atoms with Crippen LogP contribution in [0.15, 0.2) is 218 Å². The zero-order valence-electron chi connectivity index (χ0n) is 36.6. The molecular weight excluding hydrogens is 801 g/mol. The van der Waals surface area contributed by atoms with Gasteiger partial charge in [0.2, 0.25) is 0 Å². The first-order chi connectivity index (χ1) is 32.5. The van der Waals surface area contributed by atoms with E-state index in [0.717, 1.165) is 44.5 Å². The molecule has 0 bridgehead atoms. The summed E-state index contributed by atoms with van der Waals surface area (Å²) in [6.07, 6.45) is 0. The average molecular weight is 843 g/mol. The summed E-state index contributed by atoms with van der Waals surface area (Å²) in [6.45, 7) is 4.63. The molecule has 2 aromatic heterocycles. The quantitative estimate of drug-likeness (QED) is 0.157. The number of para-hydroxylation sites is 1. The lowest BCUT2D eigenvalue weighted by molar-refractivity contribution is 0.660. The Morgan fingerprint density at radius 1 is 0.333 bits per heavy atom. The molecular formula is C62H42N4. The van der Waals surface area contributed by atoms with E-state index in [4.69, 9.17) is 15.0 Å².